The second-order valence-electron chi connectivity index (χ2n) is 10.9. The first-order valence-electron chi connectivity index (χ1n) is 14.6. The quantitative estimate of drug-likeness (QED) is 0.180. The van der Waals surface area contributed by atoms with Gasteiger partial charge in [-0.15, -0.1) is 0 Å². The van der Waals surface area contributed by atoms with E-state index in [2.05, 4.69) is 15.0 Å². The predicted molar refractivity (Wildman–Crippen MR) is 186 cm³/mol. The standard InChI is InChI=1S/C10H14N2O2.2C8H12N2O.C8H12N2/c1-8(13)14-7-9-5-4-6-10(11-9)12(2)3;1-7-5-4-6-8(9(2)3)10(7)11;1-10(2)8-5-3-4-7(6-11)9-8;1-7-5-4-6-8(9-7)10(2)3/h4-6H,7H2,1-3H3;4-6H,1-3H3;3-5,11H,6H2,1-2H3;4-6H,1-3H3. The molecule has 12 heteroatoms. The Morgan fingerprint density at radius 2 is 1.15 bits per heavy atom. The van der Waals surface area contributed by atoms with E-state index in [1.54, 1.807) is 30.0 Å². The first-order chi connectivity index (χ1) is 21.7. The Morgan fingerprint density at radius 3 is 1.57 bits per heavy atom. The Labute approximate surface area is 274 Å². The zero-order chi connectivity index (χ0) is 34.8. The summed E-state index contributed by atoms with van der Waals surface area (Å²) in [6, 6.07) is 22.7. The largest absolute Gasteiger partial charge is 0.710 e. The van der Waals surface area contributed by atoms with Gasteiger partial charge in [-0.05, 0) is 56.3 Å². The topological polar surface area (TPSA) is 125 Å². The molecule has 4 heterocycles. The van der Waals surface area contributed by atoms with Crippen molar-refractivity contribution < 1.29 is 19.4 Å². The summed E-state index contributed by atoms with van der Waals surface area (Å²) >= 11 is 0. The Balaban J connectivity index is 0.000000309. The van der Waals surface area contributed by atoms with Crippen LogP contribution < -0.4 is 24.3 Å². The first kappa shape index (κ1) is 39.1. The highest BCUT2D eigenvalue weighted by molar-refractivity contribution is 5.65. The average molecular weight is 635 g/mol. The molecule has 0 aliphatic carbocycles. The van der Waals surface area contributed by atoms with Crippen molar-refractivity contribution in [2.24, 2.45) is 0 Å². The SMILES string of the molecule is CC(=O)OCc1cccc(N(C)C)n1.CN(C)c1cccc(CO)n1.Cc1cccc(N(C)C)[n+]1[O-].Cc1cccc(N(C)C)n1. The van der Waals surface area contributed by atoms with Gasteiger partial charge in [0.15, 0.2) is 0 Å². The number of carbonyl (C=O) groups is 1. The van der Waals surface area contributed by atoms with Gasteiger partial charge in [-0.3, -0.25) is 9.69 Å². The summed E-state index contributed by atoms with van der Waals surface area (Å²) in [5, 5.41) is 20.0. The molecule has 0 bridgehead atoms. The number of anilines is 4. The maximum atomic E-state index is 11.3. The second-order valence-corrected chi connectivity index (χ2v) is 10.9. The molecule has 0 radical (unpaired) electrons. The molecule has 4 aromatic heterocycles. The Morgan fingerprint density at radius 1 is 0.696 bits per heavy atom. The average Bonchev–Trinajstić information content (AvgIpc) is 3.02. The molecule has 0 aliphatic heterocycles. The number of rotatable bonds is 7. The van der Waals surface area contributed by atoms with E-state index in [9.17, 15) is 10.0 Å². The van der Waals surface area contributed by atoms with E-state index in [1.165, 1.54) is 6.92 Å². The smallest absolute Gasteiger partial charge is 0.303 e. The monoisotopic (exact) mass is 634 g/mol. The summed E-state index contributed by atoms with van der Waals surface area (Å²) < 4.78 is 5.76. The first-order valence-corrected chi connectivity index (χ1v) is 14.6. The number of hydrogen-bond donors (Lipinski definition) is 1. The minimum atomic E-state index is -0.290. The molecule has 0 saturated carbocycles. The summed E-state index contributed by atoms with van der Waals surface area (Å²) in [6.07, 6.45) is 0. The lowest BCUT2D eigenvalue weighted by Gasteiger charge is -2.14. The molecule has 0 unspecified atom stereocenters. The molecule has 0 amide bonds. The third-order valence-corrected chi connectivity index (χ3v) is 5.99. The summed E-state index contributed by atoms with van der Waals surface area (Å²) in [5.41, 5.74) is 3.24. The number of nitrogens with zero attached hydrogens (tertiary/aromatic N) is 8. The summed E-state index contributed by atoms with van der Waals surface area (Å²) in [5.74, 6) is 3.12. The van der Waals surface area contributed by atoms with Gasteiger partial charge in [0.1, 0.15) is 29.8 Å². The number of pyridine rings is 4. The fraction of sp³-hybridized carbons (Fsp3) is 0.382. The van der Waals surface area contributed by atoms with Crippen LogP contribution in [0.25, 0.3) is 0 Å². The van der Waals surface area contributed by atoms with Crippen LogP contribution in [0.1, 0.15) is 29.7 Å². The minimum absolute atomic E-state index is 0.00167. The number of ether oxygens (including phenoxy) is 1. The van der Waals surface area contributed by atoms with Crippen molar-refractivity contribution >= 4 is 29.2 Å². The molecule has 4 aromatic rings. The number of hydrogen-bond acceptors (Lipinski definition) is 11. The predicted octanol–water partition coefficient (Wildman–Crippen LogP) is 4.00. The number of carbonyl (C=O) groups excluding carboxylic acids is 1. The van der Waals surface area contributed by atoms with Crippen LogP contribution >= 0.6 is 0 Å². The third-order valence-electron chi connectivity index (χ3n) is 5.99. The van der Waals surface area contributed by atoms with E-state index < -0.39 is 0 Å². The van der Waals surface area contributed by atoms with Crippen LogP contribution in [0.4, 0.5) is 23.3 Å². The van der Waals surface area contributed by atoms with Gasteiger partial charge in [0.25, 0.3) is 5.82 Å². The van der Waals surface area contributed by atoms with Crippen LogP contribution in [-0.4, -0.2) is 82.4 Å². The number of aryl methyl sites for hydroxylation is 2. The van der Waals surface area contributed by atoms with Gasteiger partial charge in [-0.2, -0.15) is 0 Å². The van der Waals surface area contributed by atoms with Crippen molar-refractivity contribution in [2.45, 2.75) is 34.0 Å². The van der Waals surface area contributed by atoms with E-state index in [0.717, 1.165) is 39.3 Å². The highest BCUT2D eigenvalue weighted by Gasteiger charge is 2.06. The van der Waals surface area contributed by atoms with Crippen molar-refractivity contribution in [2.75, 3.05) is 76.0 Å². The Hall–Kier alpha value is -4.97. The maximum absolute atomic E-state index is 11.3. The van der Waals surface area contributed by atoms with E-state index >= 15 is 0 Å². The highest BCUT2D eigenvalue weighted by Crippen LogP contribution is 2.09. The van der Waals surface area contributed by atoms with E-state index in [1.807, 2.05) is 133 Å². The molecule has 12 nitrogen and oxygen atoms in total. The third kappa shape index (κ3) is 14.7. The zero-order valence-electron chi connectivity index (χ0n) is 29.1. The van der Waals surface area contributed by atoms with E-state index in [4.69, 9.17) is 9.84 Å². The van der Waals surface area contributed by atoms with Gasteiger partial charge in [-0.25, -0.2) is 19.7 Å². The van der Waals surface area contributed by atoms with Crippen molar-refractivity contribution in [3.63, 3.8) is 0 Å². The fourth-order valence-electron chi connectivity index (χ4n) is 3.47. The van der Waals surface area contributed by atoms with Gasteiger partial charge < -0.3 is 29.8 Å². The summed E-state index contributed by atoms with van der Waals surface area (Å²) in [7, 11) is 15.3. The zero-order valence-corrected chi connectivity index (χ0v) is 29.1. The molecule has 0 fully saturated rings. The second kappa shape index (κ2) is 20.1. The van der Waals surface area contributed by atoms with Crippen LogP contribution in [0, 0.1) is 19.1 Å². The van der Waals surface area contributed by atoms with Crippen LogP contribution in [-0.2, 0) is 22.7 Å². The molecule has 0 aromatic carbocycles. The molecule has 0 aliphatic rings. The van der Waals surface area contributed by atoms with Gasteiger partial charge in [0.2, 0.25) is 0 Å². The Bertz CT molecular complexity index is 1480. The van der Waals surface area contributed by atoms with Crippen LogP contribution in [0.2, 0.25) is 0 Å². The molecule has 4 rings (SSSR count). The van der Waals surface area contributed by atoms with Crippen LogP contribution in [0.5, 0.6) is 0 Å². The highest BCUT2D eigenvalue weighted by atomic mass is 16.5. The van der Waals surface area contributed by atoms with Crippen LogP contribution in [0.3, 0.4) is 0 Å². The summed E-state index contributed by atoms with van der Waals surface area (Å²) in [6.45, 7) is 5.40. The summed E-state index contributed by atoms with van der Waals surface area (Å²) in [4.78, 5) is 30.9. The van der Waals surface area contributed by atoms with Crippen molar-refractivity contribution in [3.8, 4) is 0 Å². The minimum Gasteiger partial charge on any atom is -0.710 e. The molecular weight excluding hydrogens is 584 g/mol. The number of aliphatic hydroxyl groups excluding tert-OH is 1. The van der Waals surface area contributed by atoms with E-state index in [-0.39, 0.29) is 19.2 Å². The molecule has 0 atom stereocenters. The number of aromatic nitrogens is 4. The number of esters is 1. The fourth-order valence-corrected chi connectivity index (χ4v) is 3.47. The Kier molecular flexibility index (Phi) is 17.1. The van der Waals surface area contributed by atoms with Gasteiger partial charge in [0.05, 0.1) is 32.1 Å². The molecule has 0 spiro atoms. The maximum Gasteiger partial charge on any atom is 0.303 e. The lowest BCUT2D eigenvalue weighted by Crippen LogP contribution is -2.36. The lowest BCUT2D eigenvalue weighted by molar-refractivity contribution is -0.599. The van der Waals surface area contributed by atoms with Crippen molar-refractivity contribution in [1.82, 2.24) is 15.0 Å². The van der Waals surface area contributed by atoms with Gasteiger partial charge in [-0.1, -0.05) is 24.3 Å². The number of aliphatic hydroxyl groups is 1. The van der Waals surface area contributed by atoms with Crippen molar-refractivity contribution in [3.05, 3.63) is 101 Å². The van der Waals surface area contributed by atoms with Gasteiger partial charge >= 0.3 is 5.97 Å². The van der Waals surface area contributed by atoms with Gasteiger partial charge in [0, 0.05) is 61.0 Å². The molecule has 46 heavy (non-hydrogen) atoms. The molecule has 1 N–H and O–H groups in total. The van der Waals surface area contributed by atoms with Crippen LogP contribution in [0.15, 0.2) is 72.8 Å². The van der Waals surface area contributed by atoms with Crippen molar-refractivity contribution in [1.29, 1.82) is 0 Å². The lowest BCUT2D eigenvalue weighted by atomic mass is 10.3. The molecule has 250 valence electrons. The van der Waals surface area contributed by atoms with E-state index in [0.29, 0.717) is 11.5 Å². The molecule has 0 saturated heterocycles. The normalized spacial score (nSPS) is 9.65. The molecular formula is C34H50N8O4.